The maximum Gasteiger partial charge on any atom is 0.335 e. The zero-order chi connectivity index (χ0) is 18.1. The van der Waals surface area contributed by atoms with E-state index in [-0.39, 0.29) is 12.1 Å². The Morgan fingerprint density at radius 3 is 2.40 bits per heavy atom. The minimum atomic E-state index is -1.02. The number of halogens is 1. The minimum absolute atomic E-state index is 0.153. The monoisotopic (exact) mass is 359 g/mol. The van der Waals surface area contributed by atoms with Crippen LogP contribution in [-0.2, 0) is 11.3 Å². The first kappa shape index (κ1) is 16.9. The summed E-state index contributed by atoms with van der Waals surface area (Å²) in [7, 11) is 0. The first-order valence-corrected chi connectivity index (χ1v) is 7.76. The molecule has 0 aliphatic carbocycles. The van der Waals surface area contributed by atoms with Gasteiger partial charge in [-0.05, 0) is 49.4 Å². The maximum atomic E-state index is 11.2. The Balaban J connectivity index is 2.08. The van der Waals surface area contributed by atoms with Gasteiger partial charge in [-0.2, -0.15) is 0 Å². The standard InChI is InChI=1S/C18H14ClNO5/c1-10-17(25-13-5-2-11(3-6-13)18(23)24)14-8-12(19)4-7-15(14)20(10)9-16(21)22/h2-8H,9H2,1H3,(H,21,22)(H,23,24). The van der Waals surface area contributed by atoms with E-state index in [1.54, 1.807) is 41.8 Å². The van der Waals surface area contributed by atoms with Gasteiger partial charge in [-0.3, -0.25) is 4.79 Å². The molecule has 6 nitrogen and oxygen atoms in total. The number of carboxylic acid groups (broad SMARTS) is 2. The molecular weight excluding hydrogens is 346 g/mol. The lowest BCUT2D eigenvalue weighted by Gasteiger charge is -2.07. The summed E-state index contributed by atoms with van der Waals surface area (Å²) in [5.41, 5.74) is 1.49. The molecule has 0 saturated carbocycles. The Morgan fingerprint density at radius 2 is 1.80 bits per heavy atom. The van der Waals surface area contributed by atoms with Crippen LogP contribution in [0.1, 0.15) is 16.1 Å². The number of benzene rings is 2. The number of nitrogens with zero attached hydrogens (tertiary/aromatic N) is 1. The second-order valence-electron chi connectivity index (χ2n) is 5.49. The van der Waals surface area contributed by atoms with Crippen LogP contribution >= 0.6 is 11.6 Å². The van der Waals surface area contributed by atoms with Crippen LogP contribution in [0, 0.1) is 6.92 Å². The molecule has 0 aliphatic heterocycles. The van der Waals surface area contributed by atoms with Crippen molar-refractivity contribution < 1.29 is 24.5 Å². The largest absolute Gasteiger partial charge is 0.480 e. The van der Waals surface area contributed by atoms with E-state index in [2.05, 4.69) is 0 Å². The SMILES string of the molecule is Cc1c(Oc2ccc(C(=O)O)cc2)c2cc(Cl)ccc2n1CC(=O)O. The van der Waals surface area contributed by atoms with Crippen molar-refractivity contribution in [2.45, 2.75) is 13.5 Å². The van der Waals surface area contributed by atoms with Crippen molar-refractivity contribution in [2.24, 2.45) is 0 Å². The maximum absolute atomic E-state index is 11.2. The van der Waals surface area contributed by atoms with E-state index >= 15 is 0 Å². The molecule has 3 rings (SSSR count). The lowest BCUT2D eigenvalue weighted by atomic mass is 10.2. The van der Waals surface area contributed by atoms with Crippen LogP contribution in [0.5, 0.6) is 11.5 Å². The first-order chi connectivity index (χ1) is 11.9. The molecule has 2 N–H and O–H groups in total. The molecule has 128 valence electrons. The van der Waals surface area contributed by atoms with E-state index in [1.165, 1.54) is 12.1 Å². The number of carboxylic acids is 2. The van der Waals surface area contributed by atoms with E-state index in [0.29, 0.717) is 33.1 Å². The third-order valence-corrected chi connectivity index (χ3v) is 4.08. The fraction of sp³-hybridized carbons (Fsp3) is 0.111. The summed E-state index contributed by atoms with van der Waals surface area (Å²) < 4.78 is 7.54. The highest BCUT2D eigenvalue weighted by atomic mass is 35.5. The Kier molecular flexibility index (Phi) is 4.37. The summed E-state index contributed by atoms with van der Waals surface area (Å²) in [6.45, 7) is 1.56. The Morgan fingerprint density at radius 1 is 1.12 bits per heavy atom. The van der Waals surface area contributed by atoms with Crippen LogP contribution in [0.25, 0.3) is 10.9 Å². The van der Waals surface area contributed by atoms with Gasteiger partial charge in [-0.25, -0.2) is 4.79 Å². The summed E-state index contributed by atoms with van der Waals surface area (Å²) >= 11 is 6.07. The average Bonchev–Trinajstić information content (AvgIpc) is 2.80. The molecular formula is C18H14ClNO5. The molecule has 0 amide bonds. The van der Waals surface area contributed by atoms with Crippen LogP contribution in [0.2, 0.25) is 5.02 Å². The van der Waals surface area contributed by atoms with Crippen molar-refractivity contribution in [1.82, 2.24) is 4.57 Å². The van der Waals surface area contributed by atoms with Gasteiger partial charge in [0, 0.05) is 10.4 Å². The van der Waals surface area contributed by atoms with Gasteiger partial charge in [0.25, 0.3) is 0 Å². The lowest BCUT2D eigenvalue weighted by molar-refractivity contribution is -0.137. The summed E-state index contributed by atoms with van der Waals surface area (Å²) in [6, 6.07) is 11.1. The molecule has 0 bridgehead atoms. The highest BCUT2D eigenvalue weighted by molar-refractivity contribution is 6.31. The fourth-order valence-electron chi connectivity index (χ4n) is 2.67. The second-order valence-corrected chi connectivity index (χ2v) is 5.92. The summed E-state index contributed by atoms with van der Waals surface area (Å²) in [5.74, 6) is -1.05. The molecule has 3 aromatic rings. The molecule has 1 heterocycles. The molecule has 0 atom stereocenters. The Labute approximate surface area is 147 Å². The Hall–Kier alpha value is -2.99. The molecule has 0 fully saturated rings. The number of aromatic carboxylic acids is 1. The van der Waals surface area contributed by atoms with Gasteiger partial charge in [0.1, 0.15) is 12.3 Å². The average molecular weight is 360 g/mol. The lowest BCUT2D eigenvalue weighted by Crippen LogP contribution is -2.09. The van der Waals surface area contributed by atoms with Gasteiger partial charge in [-0.15, -0.1) is 0 Å². The van der Waals surface area contributed by atoms with Gasteiger partial charge in [-0.1, -0.05) is 11.6 Å². The smallest absolute Gasteiger partial charge is 0.335 e. The number of aliphatic carboxylic acids is 1. The molecule has 0 spiro atoms. The van der Waals surface area contributed by atoms with Crippen molar-refractivity contribution in [3.05, 3.63) is 58.7 Å². The van der Waals surface area contributed by atoms with Crippen molar-refractivity contribution in [1.29, 1.82) is 0 Å². The third kappa shape index (κ3) is 3.29. The molecule has 2 aromatic carbocycles. The number of aromatic nitrogens is 1. The fourth-order valence-corrected chi connectivity index (χ4v) is 2.85. The Bertz CT molecular complexity index is 975. The van der Waals surface area contributed by atoms with E-state index in [1.807, 2.05) is 0 Å². The number of hydrogen-bond donors (Lipinski definition) is 2. The quantitative estimate of drug-likeness (QED) is 0.713. The number of hydrogen-bond acceptors (Lipinski definition) is 3. The predicted molar refractivity (Wildman–Crippen MR) is 92.8 cm³/mol. The summed E-state index contributed by atoms with van der Waals surface area (Å²) in [4.78, 5) is 22.1. The summed E-state index contributed by atoms with van der Waals surface area (Å²) in [5, 5.41) is 19.3. The van der Waals surface area contributed by atoms with Gasteiger partial charge in [0.05, 0.1) is 16.8 Å². The zero-order valence-corrected chi connectivity index (χ0v) is 13.9. The van der Waals surface area contributed by atoms with Gasteiger partial charge >= 0.3 is 11.9 Å². The zero-order valence-electron chi connectivity index (χ0n) is 13.2. The molecule has 0 aliphatic rings. The molecule has 1 aromatic heterocycles. The van der Waals surface area contributed by atoms with E-state index in [9.17, 15) is 9.59 Å². The van der Waals surface area contributed by atoms with E-state index < -0.39 is 11.9 Å². The molecule has 0 unspecified atom stereocenters. The van der Waals surface area contributed by atoms with Gasteiger partial charge in [0.15, 0.2) is 5.75 Å². The van der Waals surface area contributed by atoms with Gasteiger partial charge in [0.2, 0.25) is 0 Å². The van der Waals surface area contributed by atoms with Crippen molar-refractivity contribution >= 4 is 34.4 Å². The predicted octanol–water partition coefficient (Wildman–Crippen LogP) is 4.18. The highest BCUT2D eigenvalue weighted by Crippen LogP contribution is 2.37. The van der Waals surface area contributed by atoms with Crippen molar-refractivity contribution in [3.63, 3.8) is 0 Å². The first-order valence-electron chi connectivity index (χ1n) is 7.38. The van der Waals surface area contributed by atoms with Crippen LogP contribution in [0.4, 0.5) is 0 Å². The van der Waals surface area contributed by atoms with E-state index in [4.69, 9.17) is 26.6 Å². The number of fused-ring (bicyclic) bond motifs is 1. The third-order valence-electron chi connectivity index (χ3n) is 3.84. The highest BCUT2D eigenvalue weighted by Gasteiger charge is 2.18. The number of ether oxygens (including phenoxy) is 1. The van der Waals surface area contributed by atoms with Crippen molar-refractivity contribution in [2.75, 3.05) is 0 Å². The molecule has 7 heteroatoms. The van der Waals surface area contributed by atoms with Crippen LogP contribution in [0.15, 0.2) is 42.5 Å². The van der Waals surface area contributed by atoms with Crippen molar-refractivity contribution in [3.8, 4) is 11.5 Å². The molecule has 0 saturated heterocycles. The topological polar surface area (TPSA) is 88.8 Å². The second kappa shape index (κ2) is 6.49. The van der Waals surface area contributed by atoms with Crippen LogP contribution in [0.3, 0.4) is 0 Å². The number of rotatable bonds is 5. The normalized spacial score (nSPS) is 10.8. The van der Waals surface area contributed by atoms with Crippen LogP contribution in [-0.4, -0.2) is 26.7 Å². The summed E-state index contributed by atoms with van der Waals surface area (Å²) in [6.07, 6.45) is 0. The van der Waals surface area contributed by atoms with Crippen LogP contribution < -0.4 is 4.74 Å². The number of carbonyl (C=O) groups is 2. The minimum Gasteiger partial charge on any atom is -0.480 e. The molecule has 25 heavy (non-hydrogen) atoms. The molecule has 0 radical (unpaired) electrons. The van der Waals surface area contributed by atoms with Gasteiger partial charge < -0.3 is 19.5 Å². The van der Waals surface area contributed by atoms with E-state index in [0.717, 1.165) is 0 Å².